The van der Waals surface area contributed by atoms with Gasteiger partial charge in [-0.2, -0.15) is 0 Å². The Morgan fingerprint density at radius 1 is 1.23 bits per heavy atom. The number of carbonyl (C=O) groups is 1. The SMILES string of the molecule is O=C(Nc1ccc(-c2nnnn2C2CC2)cc1)C1CCCO1. The molecule has 1 atom stereocenters. The summed E-state index contributed by atoms with van der Waals surface area (Å²) in [6, 6.07) is 8.03. The van der Waals surface area contributed by atoms with Gasteiger partial charge in [-0.15, -0.1) is 5.10 Å². The lowest BCUT2D eigenvalue weighted by Gasteiger charge is -2.10. The molecule has 1 N–H and O–H groups in total. The molecule has 1 amide bonds. The van der Waals surface area contributed by atoms with E-state index in [4.69, 9.17) is 4.74 Å². The smallest absolute Gasteiger partial charge is 0.253 e. The Kier molecular flexibility index (Phi) is 3.34. The van der Waals surface area contributed by atoms with Crippen LogP contribution >= 0.6 is 0 Å². The zero-order chi connectivity index (χ0) is 14.9. The second-order valence-corrected chi connectivity index (χ2v) is 5.75. The average Bonchev–Trinajstić information content (AvgIpc) is 3.05. The molecule has 7 heteroatoms. The fourth-order valence-corrected chi connectivity index (χ4v) is 2.66. The number of hydrogen-bond donors (Lipinski definition) is 1. The maximum Gasteiger partial charge on any atom is 0.253 e. The minimum Gasteiger partial charge on any atom is -0.368 e. The maximum absolute atomic E-state index is 12.0. The van der Waals surface area contributed by atoms with Crippen LogP contribution in [0.1, 0.15) is 31.7 Å². The Morgan fingerprint density at radius 3 is 2.73 bits per heavy atom. The van der Waals surface area contributed by atoms with Crippen LogP contribution in [0.2, 0.25) is 0 Å². The van der Waals surface area contributed by atoms with Gasteiger partial charge in [0.2, 0.25) is 0 Å². The number of amides is 1. The third-order valence-corrected chi connectivity index (χ3v) is 4.02. The van der Waals surface area contributed by atoms with Crippen molar-refractivity contribution in [3.05, 3.63) is 24.3 Å². The number of nitrogens with zero attached hydrogens (tertiary/aromatic N) is 4. The highest BCUT2D eigenvalue weighted by Crippen LogP contribution is 2.36. The third-order valence-electron chi connectivity index (χ3n) is 4.02. The van der Waals surface area contributed by atoms with Crippen molar-refractivity contribution in [3.63, 3.8) is 0 Å². The summed E-state index contributed by atoms with van der Waals surface area (Å²) in [6.45, 7) is 0.668. The van der Waals surface area contributed by atoms with Gasteiger partial charge in [0.05, 0.1) is 6.04 Å². The highest BCUT2D eigenvalue weighted by atomic mass is 16.5. The van der Waals surface area contributed by atoms with Crippen molar-refractivity contribution >= 4 is 11.6 Å². The number of hydrogen-bond acceptors (Lipinski definition) is 5. The van der Waals surface area contributed by atoms with Crippen molar-refractivity contribution in [2.24, 2.45) is 0 Å². The van der Waals surface area contributed by atoms with E-state index in [1.54, 1.807) is 0 Å². The first-order valence-corrected chi connectivity index (χ1v) is 7.62. The Balaban J connectivity index is 1.48. The van der Waals surface area contributed by atoms with Crippen molar-refractivity contribution in [2.75, 3.05) is 11.9 Å². The van der Waals surface area contributed by atoms with E-state index in [0.717, 1.165) is 42.8 Å². The molecule has 1 aromatic heterocycles. The summed E-state index contributed by atoms with van der Waals surface area (Å²) in [6.07, 6.45) is 3.68. The lowest BCUT2D eigenvalue weighted by molar-refractivity contribution is -0.124. The van der Waals surface area contributed by atoms with Crippen LogP contribution in [0.5, 0.6) is 0 Å². The van der Waals surface area contributed by atoms with Gasteiger partial charge >= 0.3 is 0 Å². The molecule has 0 radical (unpaired) electrons. The molecule has 2 heterocycles. The number of benzene rings is 1. The van der Waals surface area contributed by atoms with Gasteiger partial charge in [0.25, 0.3) is 5.91 Å². The van der Waals surface area contributed by atoms with Crippen LogP contribution in [0, 0.1) is 0 Å². The Morgan fingerprint density at radius 2 is 2.05 bits per heavy atom. The van der Waals surface area contributed by atoms with Crippen LogP contribution in [0.4, 0.5) is 5.69 Å². The molecule has 1 unspecified atom stereocenters. The molecule has 22 heavy (non-hydrogen) atoms. The highest BCUT2D eigenvalue weighted by Gasteiger charge is 2.28. The first-order valence-electron chi connectivity index (χ1n) is 7.62. The highest BCUT2D eigenvalue weighted by molar-refractivity contribution is 5.94. The molecule has 2 aliphatic rings. The molecule has 2 aromatic rings. The fraction of sp³-hybridized carbons (Fsp3) is 0.467. The van der Waals surface area contributed by atoms with Crippen molar-refractivity contribution in [1.82, 2.24) is 20.2 Å². The molecule has 7 nitrogen and oxygen atoms in total. The number of ether oxygens (including phenoxy) is 1. The zero-order valence-corrected chi connectivity index (χ0v) is 12.1. The molecule has 0 bridgehead atoms. The normalized spacial score (nSPS) is 21.0. The van der Waals surface area contributed by atoms with Gasteiger partial charge in [-0.1, -0.05) is 0 Å². The minimum atomic E-state index is -0.318. The quantitative estimate of drug-likeness (QED) is 0.930. The van der Waals surface area contributed by atoms with E-state index in [2.05, 4.69) is 20.8 Å². The average molecular weight is 299 g/mol. The summed E-state index contributed by atoms with van der Waals surface area (Å²) in [4.78, 5) is 12.0. The van der Waals surface area contributed by atoms with Crippen molar-refractivity contribution in [1.29, 1.82) is 0 Å². The number of carbonyl (C=O) groups excluding carboxylic acids is 1. The van der Waals surface area contributed by atoms with Gasteiger partial charge < -0.3 is 10.1 Å². The Labute approximate surface area is 127 Å². The van der Waals surface area contributed by atoms with E-state index in [-0.39, 0.29) is 12.0 Å². The molecule has 1 saturated carbocycles. The van der Waals surface area contributed by atoms with Crippen LogP contribution < -0.4 is 5.32 Å². The summed E-state index contributed by atoms with van der Waals surface area (Å²) in [5, 5.41) is 14.8. The summed E-state index contributed by atoms with van der Waals surface area (Å²) < 4.78 is 7.25. The van der Waals surface area contributed by atoms with Crippen LogP contribution in [0.25, 0.3) is 11.4 Å². The fourth-order valence-electron chi connectivity index (χ4n) is 2.66. The molecular formula is C15H17N5O2. The number of tetrazole rings is 1. The molecule has 1 aromatic carbocycles. The molecule has 1 aliphatic carbocycles. The van der Waals surface area contributed by atoms with Crippen LogP contribution in [-0.4, -0.2) is 38.8 Å². The summed E-state index contributed by atoms with van der Waals surface area (Å²) in [5.41, 5.74) is 1.71. The second-order valence-electron chi connectivity index (χ2n) is 5.75. The topological polar surface area (TPSA) is 81.9 Å². The first kappa shape index (κ1) is 13.4. The predicted molar refractivity (Wildman–Crippen MR) is 79.1 cm³/mol. The maximum atomic E-state index is 12.0. The van der Waals surface area contributed by atoms with Gasteiger partial charge in [0.1, 0.15) is 6.10 Å². The van der Waals surface area contributed by atoms with Gasteiger partial charge in [0.15, 0.2) is 5.82 Å². The van der Waals surface area contributed by atoms with E-state index >= 15 is 0 Å². The second kappa shape index (κ2) is 5.49. The summed E-state index contributed by atoms with van der Waals surface area (Å²) >= 11 is 0. The molecular weight excluding hydrogens is 282 g/mol. The van der Waals surface area contributed by atoms with E-state index in [0.29, 0.717) is 12.6 Å². The van der Waals surface area contributed by atoms with Gasteiger partial charge in [-0.3, -0.25) is 4.79 Å². The van der Waals surface area contributed by atoms with Crippen molar-refractivity contribution < 1.29 is 9.53 Å². The predicted octanol–water partition coefficient (Wildman–Crippen LogP) is 1.79. The lowest BCUT2D eigenvalue weighted by Crippen LogP contribution is -2.26. The van der Waals surface area contributed by atoms with Crippen LogP contribution in [-0.2, 0) is 9.53 Å². The van der Waals surface area contributed by atoms with Crippen LogP contribution in [0.15, 0.2) is 24.3 Å². The molecule has 1 saturated heterocycles. The first-order chi connectivity index (χ1) is 10.8. The molecule has 1 aliphatic heterocycles. The van der Waals surface area contributed by atoms with Crippen molar-refractivity contribution in [2.45, 2.75) is 37.8 Å². The van der Waals surface area contributed by atoms with Gasteiger partial charge in [0, 0.05) is 17.9 Å². The number of anilines is 1. The molecule has 4 rings (SSSR count). The van der Waals surface area contributed by atoms with Gasteiger partial charge in [-0.05, 0) is 60.4 Å². The Hall–Kier alpha value is -2.28. The zero-order valence-electron chi connectivity index (χ0n) is 12.1. The molecule has 0 spiro atoms. The third kappa shape index (κ3) is 2.59. The summed E-state index contributed by atoms with van der Waals surface area (Å²) in [5.74, 6) is 0.701. The largest absolute Gasteiger partial charge is 0.368 e. The molecule has 114 valence electrons. The Bertz CT molecular complexity index is 671. The summed E-state index contributed by atoms with van der Waals surface area (Å²) in [7, 11) is 0. The molecule has 2 fully saturated rings. The number of nitrogens with one attached hydrogen (secondary N) is 1. The number of aromatic nitrogens is 4. The monoisotopic (exact) mass is 299 g/mol. The lowest BCUT2D eigenvalue weighted by atomic mass is 10.2. The van der Waals surface area contributed by atoms with E-state index < -0.39 is 0 Å². The van der Waals surface area contributed by atoms with Gasteiger partial charge in [-0.25, -0.2) is 4.68 Å². The van der Waals surface area contributed by atoms with Crippen molar-refractivity contribution in [3.8, 4) is 11.4 Å². The number of rotatable bonds is 4. The van der Waals surface area contributed by atoms with Crippen LogP contribution in [0.3, 0.4) is 0 Å². The van der Waals surface area contributed by atoms with E-state index in [1.807, 2.05) is 28.9 Å². The standard InChI is InChI=1S/C15H17N5O2/c21-15(13-2-1-9-22-13)16-11-5-3-10(4-6-11)14-17-18-19-20(14)12-7-8-12/h3-6,12-13H,1-2,7-9H2,(H,16,21). The van der Waals surface area contributed by atoms with E-state index in [9.17, 15) is 4.79 Å². The minimum absolute atomic E-state index is 0.0759. The van der Waals surface area contributed by atoms with E-state index in [1.165, 1.54) is 0 Å².